The summed E-state index contributed by atoms with van der Waals surface area (Å²) in [4.78, 5) is 33.1. The fourth-order valence-corrected chi connectivity index (χ4v) is 6.22. The zero-order valence-electron chi connectivity index (χ0n) is 24.2. The summed E-state index contributed by atoms with van der Waals surface area (Å²) < 4.78 is 12.0. The van der Waals surface area contributed by atoms with Crippen LogP contribution in [0.2, 0.25) is 0 Å². The van der Waals surface area contributed by atoms with E-state index in [4.69, 9.17) is 9.47 Å². The van der Waals surface area contributed by atoms with Crippen LogP contribution in [0.1, 0.15) is 84.3 Å². The van der Waals surface area contributed by atoms with Gasteiger partial charge in [0, 0.05) is 24.3 Å². The lowest BCUT2D eigenvalue weighted by Crippen LogP contribution is -2.45. The predicted octanol–water partition coefficient (Wildman–Crippen LogP) is 4.23. The number of cyclic esters (lactones) is 1. The molecule has 3 heterocycles. The van der Waals surface area contributed by atoms with Crippen molar-refractivity contribution in [1.82, 2.24) is 9.88 Å². The Hall–Kier alpha value is -1.65. The SMILES string of the molecule is CC(=Cc1csc(CN(C)C)n1)[C@H]1C[C@@H]2O[C@@]2(C)CCC[C@@H](C)[C@@H](O)[C@H](C)C(=O)C(C)(C)[C@H](O)CC(=O)O1. The number of ether oxygens (including phenoxy) is 2. The second-order valence-electron chi connectivity index (χ2n) is 12.4. The van der Waals surface area contributed by atoms with Gasteiger partial charge in [-0.05, 0) is 58.4 Å². The Morgan fingerprint density at radius 1 is 1.24 bits per heavy atom. The first kappa shape index (κ1) is 30.9. The summed E-state index contributed by atoms with van der Waals surface area (Å²) >= 11 is 1.59. The zero-order valence-corrected chi connectivity index (χ0v) is 25.0. The van der Waals surface area contributed by atoms with Crippen LogP contribution < -0.4 is 0 Å². The number of aliphatic hydroxyl groups is 2. The van der Waals surface area contributed by atoms with Gasteiger partial charge in [0.1, 0.15) is 16.9 Å². The van der Waals surface area contributed by atoms with Gasteiger partial charge in [-0.3, -0.25) is 9.59 Å². The number of rotatable bonds is 4. The molecule has 2 saturated heterocycles. The third-order valence-electron chi connectivity index (χ3n) is 8.31. The molecule has 2 aliphatic rings. The minimum absolute atomic E-state index is 0.0570. The molecule has 0 aromatic carbocycles. The number of ketones is 1. The van der Waals surface area contributed by atoms with Gasteiger partial charge in [0.25, 0.3) is 0 Å². The number of thiazole rings is 1. The number of aromatic nitrogens is 1. The molecule has 214 valence electrons. The molecule has 3 rings (SSSR count). The molecule has 2 aliphatic heterocycles. The Kier molecular flexibility index (Phi) is 9.96. The zero-order chi connectivity index (χ0) is 28.4. The number of hydrogen-bond donors (Lipinski definition) is 2. The molecule has 9 heteroatoms. The van der Waals surface area contributed by atoms with E-state index in [1.165, 1.54) is 0 Å². The Bertz CT molecular complexity index is 1020. The van der Waals surface area contributed by atoms with E-state index in [1.54, 1.807) is 32.1 Å². The molecule has 0 bridgehead atoms. The van der Waals surface area contributed by atoms with Crippen molar-refractivity contribution in [2.45, 2.75) is 110 Å². The standard InChI is InChI=1S/C29H46N2O6S/c1-17-10-9-11-29(6)23(37-29)13-21(18(2)12-20-16-38-24(30-20)15-31(7)8)36-25(33)14-22(32)28(4,5)27(35)19(3)26(17)34/h12,16-17,19,21-23,26,32,34H,9-11,13-15H2,1-8H3/t17-,19+,21-,22-,23+,26-,29+/m1/s1. The van der Waals surface area contributed by atoms with Crippen LogP contribution in [0.5, 0.6) is 0 Å². The molecule has 2 N–H and O–H groups in total. The second-order valence-corrected chi connectivity index (χ2v) is 13.3. The van der Waals surface area contributed by atoms with Crippen molar-refractivity contribution in [2.75, 3.05) is 14.1 Å². The van der Waals surface area contributed by atoms with Crippen LogP contribution in [0.15, 0.2) is 11.0 Å². The van der Waals surface area contributed by atoms with Crippen LogP contribution in [0.3, 0.4) is 0 Å². The van der Waals surface area contributed by atoms with E-state index in [9.17, 15) is 19.8 Å². The summed E-state index contributed by atoms with van der Waals surface area (Å²) in [5.41, 5.74) is 0.155. The second kappa shape index (κ2) is 12.3. The average molecular weight is 551 g/mol. The largest absolute Gasteiger partial charge is 0.458 e. The topological polar surface area (TPSA) is 112 Å². The quantitative estimate of drug-likeness (QED) is 0.423. The third kappa shape index (κ3) is 7.50. The monoisotopic (exact) mass is 550 g/mol. The van der Waals surface area contributed by atoms with Gasteiger partial charge in [-0.25, -0.2) is 4.98 Å². The van der Waals surface area contributed by atoms with E-state index in [0.29, 0.717) is 6.42 Å². The first-order chi connectivity index (χ1) is 17.6. The third-order valence-corrected chi connectivity index (χ3v) is 9.16. The molecule has 0 aliphatic carbocycles. The van der Waals surface area contributed by atoms with Crippen molar-refractivity contribution in [2.24, 2.45) is 17.3 Å². The Balaban J connectivity index is 1.84. The number of carbonyl (C=O) groups is 2. The summed E-state index contributed by atoms with van der Waals surface area (Å²) in [7, 11) is 4.00. The highest BCUT2D eigenvalue weighted by Gasteiger charge is 2.53. The van der Waals surface area contributed by atoms with Gasteiger partial charge in [0.15, 0.2) is 0 Å². The average Bonchev–Trinajstić information content (AvgIpc) is 3.24. The summed E-state index contributed by atoms with van der Waals surface area (Å²) in [5.74, 6) is -1.56. The number of nitrogens with zero attached hydrogens (tertiary/aromatic N) is 2. The molecule has 1 aromatic rings. The fourth-order valence-electron chi connectivity index (χ4n) is 5.35. The number of hydrogen-bond acceptors (Lipinski definition) is 9. The highest BCUT2D eigenvalue weighted by Crippen LogP contribution is 2.45. The molecule has 0 unspecified atom stereocenters. The molecule has 1 aromatic heterocycles. The van der Waals surface area contributed by atoms with Crippen molar-refractivity contribution >= 4 is 29.2 Å². The van der Waals surface area contributed by atoms with Gasteiger partial charge >= 0.3 is 5.97 Å². The van der Waals surface area contributed by atoms with E-state index in [0.717, 1.165) is 42.1 Å². The first-order valence-corrected chi connectivity index (χ1v) is 14.6. The number of Topliss-reactive ketones (excluding diaryl/α,β-unsaturated/α-hetero) is 1. The maximum atomic E-state index is 13.3. The van der Waals surface area contributed by atoms with Crippen LogP contribution in [-0.4, -0.2) is 76.0 Å². The van der Waals surface area contributed by atoms with E-state index in [1.807, 2.05) is 39.4 Å². The van der Waals surface area contributed by atoms with Gasteiger partial charge in [-0.1, -0.05) is 34.1 Å². The van der Waals surface area contributed by atoms with E-state index < -0.39 is 35.6 Å². The summed E-state index contributed by atoms with van der Waals surface area (Å²) in [6.45, 7) is 11.7. The van der Waals surface area contributed by atoms with Gasteiger partial charge in [0.2, 0.25) is 0 Å². The summed E-state index contributed by atoms with van der Waals surface area (Å²) in [6, 6.07) is 0. The Labute approximate surface area is 231 Å². The molecule has 38 heavy (non-hydrogen) atoms. The van der Waals surface area contributed by atoms with Crippen molar-refractivity contribution < 1.29 is 29.3 Å². The highest BCUT2D eigenvalue weighted by atomic mass is 32.1. The number of carbonyl (C=O) groups excluding carboxylic acids is 2. The van der Waals surface area contributed by atoms with Crippen LogP contribution in [-0.2, 0) is 25.6 Å². The van der Waals surface area contributed by atoms with Crippen LogP contribution >= 0.6 is 11.3 Å². The minimum atomic E-state index is -1.24. The van der Waals surface area contributed by atoms with Crippen LogP contribution in [0, 0.1) is 17.3 Å². The highest BCUT2D eigenvalue weighted by molar-refractivity contribution is 7.09. The molecule has 7 atom stereocenters. The Morgan fingerprint density at radius 2 is 1.92 bits per heavy atom. The number of fused-ring (bicyclic) bond motifs is 1. The molecule has 0 spiro atoms. The molecule has 0 radical (unpaired) electrons. The van der Waals surface area contributed by atoms with Crippen molar-refractivity contribution in [3.63, 3.8) is 0 Å². The fraction of sp³-hybridized carbons (Fsp3) is 0.759. The van der Waals surface area contributed by atoms with E-state index in [2.05, 4.69) is 16.8 Å². The van der Waals surface area contributed by atoms with Gasteiger partial charge in [-0.15, -0.1) is 11.3 Å². The normalized spacial score (nSPS) is 35.6. The molecule has 2 fully saturated rings. The minimum Gasteiger partial charge on any atom is -0.458 e. The summed E-state index contributed by atoms with van der Waals surface area (Å²) in [5, 5.41) is 24.8. The van der Waals surface area contributed by atoms with Gasteiger partial charge in [-0.2, -0.15) is 0 Å². The van der Waals surface area contributed by atoms with Crippen molar-refractivity contribution in [3.05, 3.63) is 21.7 Å². The van der Waals surface area contributed by atoms with E-state index in [-0.39, 0.29) is 29.8 Å². The number of aliphatic hydroxyl groups excluding tert-OH is 2. The maximum absolute atomic E-state index is 13.3. The van der Waals surface area contributed by atoms with Gasteiger partial charge in [0.05, 0.1) is 41.4 Å². The van der Waals surface area contributed by atoms with Crippen molar-refractivity contribution in [1.29, 1.82) is 0 Å². The van der Waals surface area contributed by atoms with Crippen LogP contribution in [0.4, 0.5) is 0 Å². The lowest BCUT2D eigenvalue weighted by molar-refractivity contribution is -0.154. The maximum Gasteiger partial charge on any atom is 0.309 e. The predicted molar refractivity (Wildman–Crippen MR) is 149 cm³/mol. The molecular weight excluding hydrogens is 504 g/mol. The molecule has 0 saturated carbocycles. The number of esters is 1. The molecular formula is C29H46N2O6S. The lowest BCUT2D eigenvalue weighted by atomic mass is 9.73. The van der Waals surface area contributed by atoms with E-state index >= 15 is 0 Å². The van der Waals surface area contributed by atoms with Gasteiger partial charge < -0.3 is 24.6 Å². The summed E-state index contributed by atoms with van der Waals surface area (Å²) in [6.07, 6.45) is 1.93. The smallest absolute Gasteiger partial charge is 0.309 e. The number of epoxide rings is 1. The molecule has 0 amide bonds. The Morgan fingerprint density at radius 3 is 2.58 bits per heavy atom. The van der Waals surface area contributed by atoms with Crippen LogP contribution in [0.25, 0.3) is 6.08 Å². The molecule has 8 nitrogen and oxygen atoms in total. The first-order valence-electron chi connectivity index (χ1n) is 13.7. The van der Waals surface area contributed by atoms with Crippen molar-refractivity contribution in [3.8, 4) is 0 Å². The lowest BCUT2D eigenvalue weighted by Gasteiger charge is -2.34.